The third kappa shape index (κ3) is 4.63. The number of hydrogen-bond acceptors (Lipinski definition) is 6. The van der Waals surface area contributed by atoms with E-state index >= 15 is 0 Å². The lowest BCUT2D eigenvalue weighted by atomic mass is 9.97. The highest BCUT2D eigenvalue weighted by Gasteiger charge is 2.34. The van der Waals surface area contributed by atoms with Gasteiger partial charge in [0.05, 0.1) is 13.2 Å². The normalized spacial score (nSPS) is 19.6. The maximum absolute atomic E-state index is 13.1. The summed E-state index contributed by atoms with van der Waals surface area (Å²) in [5.41, 5.74) is 0.722. The Morgan fingerprint density at radius 2 is 1.80 bits per heavy atom. The van der Waals surface area contributed by atoms with Crippen molar-refractivity contribution < 1.29 is 23.5 Å². The minimum atomic E-state index is -0.508. The van der Waals surface area contributed by atoms with Gasteiger partial charge in [-0.15, -0.1) is 0 Å². The third-order valence-corrected chi connectivity index (χ3v) is 5.26. The molecule has 2 amide bonds. The van der Waals surface area contributed by atoms with E-state index in [1.54, 1.807) is 17.0 Å². The molecule has 0 saturated carbocycles. The van der Waals surface area contributed by atoms with Crippen LogP contribution in [0.3, 0.4) is 0 Å². The summed E-state index contributed by atoms with van der Waals surface area (Å²) in [5.74, 6) is -1.10. The quantitative estimate of drug-likeness (QED) is 0.802. The summed E-state index contributed by atoms with van der Waals surface area (Å²) in [4.78, 5) is 35.7. The van der Waals surface area contributed by atoms with Gasteiger partial charge in [0.25, 0.3) is 11.8 Å². The number of hydrogen-bond donors (Lipinski definition) is 1. The van der Waals surface area contributed by atoms with Crippen molar-refractivity contribution in [1.82, 2.24) is 20.2 Å². The van der Waals surface area contributed by atoms with Gasteiger partial charge in [-0.1, -0.05) is 12.1 Å². The fraction of sp³-hybridized carbons (Fsp3) is 0.429. The average Bonchev–Trinajstić information content (AvgIpc) is 3.33. The summed E-state index contributed by atoms with van der Waals surface area (Å²) in [5, 5.41) is 2.71. The first-order valence-electron chi connectivity index (χ1n) is 9.98. The van der Waals surface area contributed by atoms with E-state index in [2.05, 4.69) is 15.3 Å². The molecule has 8 nitrogen and oxygen atoms in total. The summed E-state index contributed by atoms with van der Waals surface area (Å²) in [7, 11) is 0. The number of aromatic nitrogens is 2. The minimum absolute atomic E-state index is 0.0167. The molecule has 158 valence electrons. The maximum atomic E-state index is 13.1. The number of nitrogens with one attached hydrogen (secondary N) is 1. The van der Waals surface area contributed by atoms with Crippen molar-refractivity contribution in [1.29, 1.82) is 0 Å². The van der Waals surface area contributed by atoms with E-state index in [0.717, 1.165) is 18.4 Å². The van der Waals surface area contributed by atoms with Crippen molar-refractivity contribution in [3.8, 4) is 0 Å². The van der Waals surface area contributed by atoms with Gasteiger partial charge in [-0.05, 0) is 30.5 Å². The van der Waals surface area contributed by atoms with Crippen molar-refractivity contribution in [2.45, 2.75) is 25.7 Å². The summed E-state index contributed by atoms with van der Waals surface area (Å²) in [6.07, 6.45) is 4.23. The molecule has 1 aromatic heterocycles. The number of likely N-dealkylation sites (tertiary alicyclic amines) is 1. The first-order valence-corrected chi connectivity index (χ1v) is 9.98. The molecule has 2 saturated heterocycles. The molecule has 0 aliphatic carbocycles. The second kappa shape index (κ2) is 9.27. The van der Waals surface area contributed by atoms with Crippen LogP contribution in [0.2, 0.25) is 0 Å². The molecule has 2 aliphatic heterocycles. The number of amides is 2. The van der Waals surface area contributed by atoms with E-state index in [0.29, 0.717) is 26.3 Å². The molecule has 9 heteroatoms. The number of piperidine rings is 1. The van der Waals surface area contributed by atoms with Gasteiger partial charge in [0.1, 0.15) is 5.82 Å². The lowest BCUT2D eigenvalue weighted by Crippen LogP contribution is -2.44. The van der Waals surface area contributed by atoms with Crippen LogP contribution in [0.4, 0.5) is 4.39 Å². The van der Waals surface area contributed by atoms with Crippen molar-refractivity contribution in [3.63, 3.8) is 0 Å². The van der Waals surface area contributed by atoms with Crippen LogP contribution in [0.5, 0.6) is 0 Å². The molecule has 1 aromatic carbocycles. The van der Waals surface area contributed by atoms with E-state index < -0.39 is 5.91 Å². The van der Waals surface area contributed by atoms with E-state index in [1.165, 1.54) is 24.5 Å². The van der Waals surface area contributed by atoms with E-state index in [-0.39, 0.29) is 41.9 Å². The van der Waals surface area contributed by atoms with Crippen LogP contribution in [0.15, 0.2) is 36.7 Å². The fourth-order valence-electron chi connectivity index (χ4n) is 3.74. The second-order valence-electron chi connectivity index (χ2n) is 7.33. The van der Waals surface area contributed by atoms with Gasteiger partial charge >= 0.3 is 0 Å². The highest BCUT2D eigenvalue weighted by Crippen LogP contribution is 2.26. The fourth-order valence-corrected chi connectivity index (χ4v) is 3.74. The average molecular weight is 414 g/mol. The Hall–Kier alpha value is -2.91. The van der Waals surface area contributed by atoms with Crippen LogP contribution >= 0.6 is 0 Å². The molecule has 2 aromatic rings. The molecule has 3 heterocycles. The molecule has 1 atom stereocenters. The molecule has 30 heavy (non-hydrogen) atoms. The number of nitrogens with zero attached hydrogens (tertiary/aromatic N) is 3. The van der Waals surface area contributed by atoms with E-state index in [4.69, 9.17) is 9.47 Å². The largest absolute Gasteiger partial charge is 0.350 e. The maximum Gasteiger partial charge on any atom is 0.274 e. The zero-order chi connectivity index (χ0) is 20.9. The third-order valence-electron chi connectivity index (χ3n) is 5.26. The topological polar surface area (TPSA) is 93.7 Å². The summed E-state index contributed by atoms with van der Waals surface area (Å²) in [6.45, 7) is 2.38. The molecule has 4 rings (SSSR count). The predicted octanol–water partition coefficient (Wildman–Crippen LogP) is 1.77. The van der Waals surface area contributed by atoms with Gasteiger partial charge in [0.15, 0.2) is 17.7 Å². The Balaban J connectivity index is 1.44. The predicted molar refractivity (Wildman–Crippen MR) is 104 cm³/mol. The summed E-state index contributed by atoms with van der Waals surface area (Å²) >= 11 is 0. The molecule has 2 aliphatic rings. The molecule has 0 spiro atoms. The molecule has 2 fully saturated rings. The van der Waals surface area contributed by atoms with Crippen LogP contribution in [-0.2, 0) is 16.0 Å². The van der Waals surface area contributed by atoms with Crippen molar-refractivity contribution >= 4 is 11.8 Å². The van der Waals surface area contributed by atoms with Gasteiger partial charge in [-0.25, -0.2) is 14.4 Å². The first kappa shape index (κ1) is 20.4. The zero-order valence-corrected chi connectivity index (χ0v) is 16.4. The van der Waals surface area contributed by atoms with Gasteiger partial charge in [0, 0.05) is 37.9 Å². The van der Waals surface area contributed by atoms with E-state index in [1.807, 2.05) is 0 Å². The number of rotatable bonds is 5. The first-order chi connectivity index (χ1) is 14.6. The van der Waals surface area contributed by atoms with Crippen molar-refractivity contribution in [2.75, 3.05) is 26.3 Å². The zero-order valence-electron chi connectivity index (χ0n) is 16.4. The van der Waals surface area contributed by atoms with Crippen molar-refractivity contribution in [3.05, 3.63) is 59.4 Å². The number of benzene rings is 1. The Kier molecular flexibility index (Phi) is 6.29. The molecule has 1 unspecified atom stereocenters. The smallest absolute Gasteiger partial charge is 0.274 e. The van der Waals surface area contributed by atoms with Crippen LogP contribution < -0.4 is 5.32 Å². The molecule has 0 bridgehead atoms. The van der Waals surface area contributed by atoms with Gasteiger partial charge in [-0.2, -0.15) is 0 Å². The monoisotopic (exact) mass is 414 g/mol. The summed E-state index contributed by atoms with van der Waals surface area (Å²) in [6, 6.07) is 5.81. The molecule has 1 N–H and O–H groups in total. The number of carbonyl (C=O) groups excluding carboxylic acids is 2. The molecule has 0 radical (unpaired) electrons. The lowest BCUT2D eigenvalue weighted by Gasteiger charge is -2.34. The number of halogens is 1. The van der Waals surface area contributed by atoms with Gasteiger partial charge < -0.3 is 19.7 Å². The van der Waals surface area contributed by atoms with Crippen LogP contribution in [0.25, 0.3) is 0 Å². The Bertz CT molecular complexity index is 902. The highest BCUT2D eigenvalue weighted by atomic mass is 19.1. The van der Waals surface area contributed by atoms with E-state index in [9.17, 15) is 14.0 Å². The second-order valence-corrected chi connectivity index (χ2v) is 7.33. The summed E-state index contributed by atoms with van der Waals surface area (Å²) < 4.78 is 24.2. The van der Waals surface area contributed by atoms with Crippen LogP contribution in [0.1, 0.15) is 39.4 Å². The standard InChI is InChI=1S/C21H23FN4O4/c22-16-5-3-14(4-6-16)12-25-19(27)17-18(24-8-7-23-17)20(28)26-9-1-2-15(13-26)21-29-10-11-30-21/h3-8,15,21H,1-2,9-13H2,(H,25,27). The Morgan fingerprint density at radius 3 is 2.53 bits per heavy atom. The number of carbonyl (C=O) groups is 2. The van der Waals surface area contributed by atoms with Gasteiger partial charge in [0.2, 0.25) is 0 Å². The Morgan fingerprint density at radius 1 is 1.10 bits per heavy atom. The SMILES string of the molecule is O=C(NCc1ccc(F)cc1)c1nccnc1C(=O)N1CCCC(C2OCCO2)C1. The highest BCUT2D eigenvalue weighted by molar-refractivity contribution is 6.04. The Labute approximate surface area is 173 Å². The van der Waals surface area contributed by atoms with Gasteiger partial charge in [-0.3, -0.25) is 9.59 Å². The van der Waals surface area contributed by atoms with Crippen molar-refractivity contribution in [2.24, 2.45) is 5.92 Å². The van der Waals surface area contributed by atoms with Crippen LogP contribution in [0, 0.1) is 11.7 Å². The molecular weight excluding hydrogens is 391 g/mol. The minimum Gasteiger partial charge on any atom is -0.350 e. The molecular formula is C21H23FN4O4. The van der Waals surface area contributed by atoms with Crippen LogP contribution in [-0.4, -0.2) is 59.3 Å². The lowest BCUT2D eigenvalue weighted by molar-refractivity contribution is -0.0969. The number of ether oxygens (including phenoxy) is 2.